The summed E-state index contributed by atoms with van der Waals surface area (Å²) >= 11 is 0. The number of benzene rings is 1. The van der Waals surface area contributed by atoms with E-state index in [4.69, 9.17) is 18.6 Å². The van der Waals surface area contributed by atoms with Gasteiger partial charge in [-0.15, -0.1) is 0 Å². The van der Waals surface area contributed by atoms with Crippen LogP contribution in [0.3, 0.4) is 0 Å². The maximum Gasteiger partial charge on any atom is 0.271 e. The lowest BCUT2D eigenvalue weighted by molar-refractivity contribution is 0.0954. The Kier molecular flexibility index (Phi) is 5.75. The summed E-state index contributed by atoms with van der Waals surface area (Å²) < 4.78 is 21.4. The molecular weight excluding hydrogens is 338 g/mol. The van der Waals surface area contributed by atoms with Crippen molar-refractivity contribution in [1.82, 2.24) is 5.43 Å². The molecule has 0 radical (unpaired) electrons. The van der Waals surface area contributed by atoms with Gasteiger partial charge in [0.05, 0.1) is 33.6 Å². The first-order chi connectivity index (χ1) is 12.7. The lowest BCUT2D eigenvalue weighted by Crippen LogP contribution is -2.35. The number of rotatable bonds is 6. The summed E-state index contributed by atoms with van der Waals surface area (Å²) in [5.41, 5.74) is 2.88. The number of nitrogens with zero attached hydrogens (tertiary/aromatic N) is 2. The molecule has 8 heteroatoms. The standard InChI is InChI=1S/C18H21N3O5/c1-23-15-5-3-13(11-16(15)24-2)18(22)20-19-12-14-4-6-17(26-14)21-7-9-25-10-8-21/h3-6,11-12H,7-10H2,1-2H3,(H,20,22). The highest BCUT2D eigenvalue weighted by Gasteiger charge is 2.14. The molecule has 1 saturated heterocycles. The van der Waals surface area contributed by atoms with Crippen molar-refractivity contribution in [1.29, 1.82) is 0 Å². The molecule has 1 aromatic heterocycles. The van der Waals surface area contributed by atoms with Crippen molar-refractivity contribution in [3.63, 3.8) is 0 Å². The summed E-state index contributed by atoms with van der Waals surface area (Å²) in [5, 5.41) is 3.94. The van der Waals surface area contributed by atoms with Crippen molar-refractivity contribution < 1.29 is 23.4 Å². The summed E-state index contributed by atoms with van der Waals surface area (Å²) in [5.74, 6) is 1.99. The van der Waals surface area contributed by atoms with Crippen LogP contribution in [0.1, 0.15) is 16.1 Å². The number of carbonyl (C=O) groups is 1. The van der Waals surface area contributed by atoms with Gasteiger partial charge in [-0.25, -0.2) is 5.43 Å². The Morgan fingerprint density at radius 3 is 2.65 bits per heavy atom. The number of hydrogen-bond donors (Lipinski definition) is 1. The number of carbonyl (C=O) groups excluding carboxylic acids is 1. The SMILES string of the molecule is COc1ccc(C(=O)NN=Cc2ccc(N3CCOCC3)o2)cc1OC. The first-order valence-electron chi connectivity index (χ1n) is 8.19. The van der Waals surface area contributed by atoms with E-state index in [9.17, 15) is 4.79 Å². The van der Waals surface area contributed by atoms with Crippen molar-refractivity contribution in [2.45, 2.75) is 0 Å². The van der Waals surface area contributed by atoms with Gasteiger partial charge in [-0.1, -0.05) is 0 Å². The smallest absolute Gasteiger partial charge is 0.271 e. The second-order valence-electron chi connectivity index (χ2n) is 5.54. The predicted octanol–water partition coefficient (Wildman–Crippen LogP) is 1.90. The van der Waals surface area contributed by atoms with Gasteiger partial charge in [0.1, 0.15) is 5.76 Å². The lowest BCUT2D eigenvalue weighted by Gasteiger charge is -2.26. The molecule has 0 aliphatic carbocycles. The number of furan rings is 1. The van der Waals surface area contributed by atoms with Crippen LogP contribution in [-0.4, -0.2) is 52.6 Å². The molecule has 1 fully saturated rings. The molecule has 26 heavy (non-hydrogen) atoms. The average Bonchev–Trinajstić information content (AvgIpc) is 3.17. The number of nitrogens with one attached hydrogen (secondary N) is 1. The second-order valence-corrected chi connectivity index (χ2v) is 5.54. The van der Waals surface area contributed by atoms with Crippen LogP contribution in [0.2, 0.25) is 0 Å². The van der Waals surface area contributed by atoms with Crippen LogP contribution in [0.25, 0.3) is 0 Å². The van der Waals surface area contributed by atoms with E-state index in [1.54, 1.807) is 24.3 Å². The van der Waals surface area contributed by atoms with Gasteiger partial charge in [-0.3, -0.25) is 4.79 Å². The molecule has 3 rings (SSSR count). The van der Waals surface area contributed by atoms with E-state index in [0.29, 0.717) is 36.0 Å². The van der Waals surface area contributed by atoms with Crippen molar-refractivity contribution in [2.24, 2.45) is 5.10 Å². The van der Waals surface area contributed by atoms with Crippen LogP contribution in [0.15, 0.2) is 39.9 Å². The first kappa shape index (κ1) is 17.8. The van der Waals surface area contributed by atoms with E-state index in [1.165, 1.54) is 20.4 Å². The third kappa shape index (κ3) is 4.15. The topological polar surface area (TPSA) is 85.5 Å². The highest BCUT2D eigenvalue weighted by molar-refractivity contribution is 5.95. The Bertz CT molecular complexity index is 781. The molecule has 1 aromatic carbocycles. The van der Waals surface area contributed by atoms with Crippen molar-refractivity contribution in [2.75, 3.05) is 45.4 Å². The average molecular weight is 359 g/mol. The van der Waals surface area contributed by atoms with Gasteiger partial charge in [-0.2, -0.15) is 5.10 Å². The fourth-order valence-corrected chi connectivity index (χ4v) is 2.56. The van der Waals surface area contributed by atoms with Crippen LogP contribution in [0, 0.1) is 0 Å². The molecule has 0 bridgehead atoms. The Hall–Kier alpha value is -3.00. The van der Waals surface area contributed by atoms with Gasteiger partial charge in [0, 0.05) is 24.7 Å². The second kappa shape index (κ2) is 8.39. The first-order valence-corrected chi connectivity index (χ1v) is 8.19. The molecule has 2 heterocycles. The Morgan fingerprint density at radius 1 is 1.15 bits per heavy atom. The van der Waals surface area contributed by atoms with E-state index in [1.807, 2.05) is 6.07 Å². The summed E-state index contributed by atoms with van der Waals surface area (Å²) in [7, 11) is 3.05. The number of methoxy groups -OCH3 is 2. The third-order valence-corrected chi connectivity index (χ3v) is 3.94. The third-order valence-electron chi connectivity index (χ3n) is 3.94. The monoisotopic (exact) mass is 359 g/mol. The molecule has 0 atom stereocenters. The Labute approximate surface area is 151 Å². The normalized spacial score (nSPS) is 14.5. The van der Waals surface area contributed by atoms with Gasteiger partial charge < -0.3 is 23.5 Å². The molecule has 1 N–H and O–H groups in total. The highest BCUT2D eigenvalue weighted by Crippen LogP contribution is 2.27. The van der Waals surface area contributed by atoms with Gasteiger partial charge in [0.15, 0.2) is 17.4 Å². The summed E-state index contributed by atoms with van der Waals surface area (Å²) in [6, 6.07) is 8.57. The number of amides is 1. The van der Waals surface area contributed by atoms with Gasteiger partial charge >= 0.3 is 0 Å². The van der Waals surface area contributed by atoms with E-state index in [2.05, 4.69) is 15.4 Å². The molecule has 0 saturated carbocycles. The lowest BCUT2D eigenvalue weighted by atomic mass is 10.2. The molecular formula is C18H21N3O5. The zero-order valence-electron chi connectivity index (χ0n) is 14.7. The minimum atomic E-state index is -0.359. The molecule has 2 aromatic rings. The maximum atomic E-state index is 12.2. The summed E-state index contributed by atoms with van der Waals surface area (Å²) in [6.07, 6.45) is 1.46. The number of hydrazone groups is 1. The van der Waals surface area contributed by atoms with Gasteiger partial charge in [-0.05, 0) is 24.3 Å². The van der Waals surface area contributed by atoms with Crippen molar-refractivity contribution in [3.05, 3.63) is 41.7 Å². The summed E-state index contributed by atoms with van der Waals surface area (Å²) in [6.45, 7) is 2.96. The molecule has 1 aliphatic heterocycles. The zero-order chi connectivity index (χ0) is 18.4. The van der Waals surface area contributed by atoms with Crippen LogP contribution in [-0.2, 0) is 4.74 Å². The molecule has 1 amide bonds. The highest BCUT2D eigenvalue weighted by atomic mass is 16.5. The van der Waals surface area contributed by atoms with E-state index in [-0.39, 0.29) is 5.91 Å². The minimum Gasteiger partial charge on any atom is -0.493 e. The van der Waals surface area contributed by atoms with Crippen LogP contribution in [0.5, 0.6) is 11.5 Å². The molecule has 0 spiro atoms. The number of anilines is 1. The minimum absolute atomic E-state index is 0.359. The number of hydrogen-bond acceptors (Lipinski definition) is 7. The molecule has 0 unspecified atom stereocenters. The van der Waals surface area contributed by atoms with Gasteiger partial charge in [0.25, 0.3) is 5.91 Å². The molecule has 1 aliphatic rings. The molecule has 138 valence electrons. The van der Waals surface area contributed by atoms with E-state index in [0.717, 1.165) is 19.0 Å². The van der Waals surface area contributed by atoms with Gasteiger partial charge in [0.2, 0.25) is 0 Å². The zero-order valence-corrected chi connectivity index (χ0v) is 14.7. The Balaban J connectivity index is 1.60. The fraction of sp³-hybridized carbons (Fsp3) is 0.333. The largest absolute Gasteiger partial charge is 0.493 e. The maximum absolute atomic E-state index is 12.2. The van der Waals surface area contributed by atoms with Crippen molar-refractivity contribution in [3.8, 4) is 11.5 Å². The van der Waals surface area contributed by atoms with E-state index < -0.39 is 0 Å². The quantitative estimate of drug-likeness (QED) is 0.626. The fourth-order valence-electron chi connectivity index (χ4n) is 2.56. The molecule has 8 nitrogen and oxygen atoms in total. The van der Waals surface area contributed by atoms with E-state index >= 15 is 0 Å². The van der Waals surface area contributed by atoms with Crippen LogP contribution >= 0.6 is 0 Å². The number of morpholine rings is 1. The predicted molar refractivity (Wildman–Crippen MR) is 96.3 cm³/mol. The Morgan fingerprint density at radius 2 is 1.92 bits per heavy atom. The van der Waals surface area contributed by atoms with Crippen molar-refractivity contribution >= 4 is 18.0 Å². The summed E-state index contributed by atoms with van der Waals surface area (Å²) in [4.78, 5) is 14.3. The number of ether oxygens (including phenoxy) is 3. The van der Waals surface area contributed by atoms with Crippen LogP contribution < -0.4 is 19.8 Å². The van der Waals surface area contributed by atoms with Crippen LogP contribution in [0.4, 0.5) is 5.88 Å².